The second kappa shape index (κ2) is 10.6. The van der Waals surface area contributed by atoms with Gasteiger partial charge in [-0.05, 0) is 51.2 Å². The van der Waals surface area contributed by atoms with Crippen LogP contribution in [-0.2, 0) is 4.79 Å². The maximum Gasteiger partial charge on any atom is 0.252 e. The fourth-order valence-electron chi connectivity index (χ4n) is 2.32. The molecule has 0 aromatic heterocycles. The molecule has 2 amide bonds. The van der Waals surface area contributed by atoms with Crippen molar-refractivity contribution in [1.82, 2.24) is 10.6 Å². The summed E-state index contributed by atoms with van der Waals surface area (Å²) in [5.41, 5.74) is 2.52. The van der Waals surface area contributed by atoms with Gasteiger partial charge in [0.1, 0.15) is 0 Å². The Hall–Kier alpha value is -2.31. The zero-order valence-electron chi connectivity index (χ0n) is 15.2. The van der Waals surface area contributed by atoms with Gasteiger partial charge in [-0.3, -0.25) is 9.59 Å². The average molecular weight is 372 g/mol. The number of carbonyl (C=O) groups excluding carboxylic acids is 2. The lowest BCUT2D eigenvalue weighted by atomic mass is 10.2. The number of anilines is 1. The number of nitrogens with one attached hydrogen (secondary N) is 3. The lowest BCUT2D eigenvalue weighted by Gasteiger charge is -2.10. The molecule has 0 spiro atoms. The minimum absolute atomic E-state index is 0.0944. The number of amides is 2. The summed E-state index contributed by atoms with van der Waals surface area (Å²) in [6.07, 6.45) is 0.872. The van der Waals surface area contributed by atoms with Gasteiger partial charge in [0.15, 0.2) is 0 Å². The summed E-state index contributed by atoms with van der Waals surface area (Å²) in [5.74, 6) is 0.0454. The molecule has 0 heterocycles. The predicted octanol–water partition coefficient (Wildman–Crippen LogP) is 3.07. The van der Waals surface area contributed by atoms with E-state index >= 15 is 0 Å². The van der Waals surface area contributed by atoms with Crippen molar-refractivity contribution in [1.29, 1.82) is 0 Å². The number of aryl methyl sites for hydroxylation is 1. The molecule has 2 aromatic rings. The number of thioether (sulfide) groups is 1. The fourth-order valence-corrected chi connectivity index (χ4v) is 3.17. The highest BCUT2D eigenvalue weighted by Gasteiger charge is 2.12. The van der Waals surface area contributed by atoms with Crippen LogP contribution in [0, 0.1) is 6.92 Å². The zero-order chi connectivity index (χ0) is 18.8. The van der Waals surface area contributed by atoms with Crippen LogP contribution in [0.5, 0.6) is 0 Å². The van der Waals surface area contributed by atoms with Crippen molar-refractivity contribution in [2.45, 2.75) is 18.2 Å². The second-order valence-electron chi connectivity index (χ2n) is 5.91. The van der Waals surface area contributed by atoms with Crippen molar-refractivity contribution in [3.8, 4) is 0 Å². The van der Waals surface area contributed by atoms with Gasteiger partial charge < -0.3 is 16.0 Å². The Morgan fingerprint density at radius 3 is 2.46 bits per heavy atom. The van der Waals surface area contributed by atoms with Gasteiger partial charge in [-0.2, -0.15) is 0 Å². The lowest BCUT2D eigenvalue weighted by Crippen LogP contribution is -2.27. The Morgan fingerprint density at radius 1 is 1.00 bits per heavy atom. The molecule has 2 rings (SSSR count). The highest BCUT2D eigenvalue weighted by molar-refractivity contribution is 8.00. The summed E-state index contributed by atoms with van der Waals surface area (Å²) >= 11 is 1.36. The van der Waals surface area contributed by atoms with Gasteiger partial charge in [-0.25, -0.2) is 0 Å². The number of hydrogen-bond acceptors (Lipinski definition) is 4. The molecule has 26 heavy (non-hydrogen) atoms. The topological polar surface area (TPSA) is 70.2 Å². The van der Waals surface area contributed by atoms with Crippen molar-refractivity contribution in [2.24, 2.45) is 0 Å². The number of hydrogen-bond donors (Lipinski definition) is 3. The Bertz CT molecular complexity index is 732. The van der Waals surface area contributed by atoms with E-state index in [0.717, 1.165) is 29.1 Å². The Balaban J connectivity index is 1.89. The van der Waals surface area contributed by atoms with E-state index in [4.69, 9.17) is 0 Å². The Morgan fingerprint density at radius 2 is 1.73 bits per heavy atom. The normalized spacial score (nSPS) is 10.4. The fraction of sp³-hybridized carbons (Fsp3) is 0.300. The molecule has 0 radical (unpaired) electrons. The summed E-state index contributed by atoms with van der Waals surface area (Å²) in [6, 6.07) is 15.0. The van der Waals surface area contributed by atoms with Crippen LogP contribution in [0.4, 0.5) is 5.69 Å². The van der Waals surface area contributed by atoms with Crippen LogP contribution < -0.4 is 16.0 Å². The van der Waals surface area contributed by atoms with Crippen LogP contribution in [0.15, 0.2) is 53.4 Å². The van der Waals surface area contributed by atoms with Crippen LogP contribution in [-0.4, -0.2) is 37.7 Å². The molecule has 0 aliphatic carbocycles. The van der Waals surface area contributed by atoms with E-state index in [1.54, 1.807) is 6.07 Å². The first-order valence-corrected chi connectivity index (χ1v) is 9.60. The summed E-state index contributed by atoms with van der Waals surface area (Å²) in [6.45, 7) is 3.48. The van der Waals surface area contributed by atoms with E-state index < -0.39 is 0 Å². The summed E-state index contributed by atoms with van der Waals surface area (Å²) in [4.78, 5) is 25.3. The van der Waals surface area contributed by atoms with Gasteiger partial charge in [0.25, 0.3) is 5.91 Å². The van der Waals surface area contributed by atoms with Crippen LogP contribution in [0.1, 0.15) is 22.3 Å². The maximum absolute atomic E-state index is 12.4. The number of benzene rings is 2. The van der Waals surface area contributed by atoms with Crippen molar-refractivity contribution in [2.75, 3.05) is 31.2 Å². The van der Waals surface area contributed by atoms with Gasteiger partial charge >= 0.3 is 0 Å². The number of carbonyl (C=O) groups is 2. The molecule has 6 heteroatoms. The third-order valence-corrected chi connectivity index (χ3v) is 4.79. The molecule has 0 atom stereocenters. The van der Waals surface area contributed by atoms with Crippen LogP contribution in [0.3, 0.4) is 0 Å². The van der Waals surface area contributed by atoms with Gasteiger partial charge in [-0.15, -0.1) is 11.8 Å². The maximum atomic E-state index is 12.4. The largest absolute Gasteiger partial charge is 0.352 e. The Kier molecular flexibility index (Phi) is 8.18. The smallest absolute Gasteiger partial charge is 0.252 e. The molecule has 0 fully saturated rings. The SMILES string of the molecule is CNCCCNC(=O)c1ccccc1SCC(=O)Nc1ccc(C)cc1. The van der Waals surface area contributed by atoms with Crippen molar-refractivity contribution in [3.05, 3.63) is 59.7 Å². The van der Waals surface area contributed by atoms with E-state index in [-0.39, 0.29) is 17.6 Å². The first-order valence-electron chi connectivity index (χ1n) is 8.61. The molecule has 0 bridgehead atoms. The quantitative estimate of drug-likeness (QED) is 0.468. The van der Waals surface area contributed by atoms with E-state index in [9.17, 15) is 9.59 Å². The minimum atomic E-state index is -0.108. The van der Waals surface area contributed by atoms with Crippen molar-refractivity contribution >= 4 is 29.3 Å². The van der Waals surface area contributed by atoms with Crippen LogP contribution in [0.2, 0.25) is 0 Å². The Labute approximate surface area is 159 Å². The molecular formula is C20H25N3O2S. The standard InChI is InChI=1S/C20H25N3O2S/c1-15-8-10-16(11-9-15)23-19(24)14-26-18-7-4-3-6-17(18)20(25)22-13-5-12-21-2/h3-4,6-11,21H,5,12-14H2,1-2H3,(H,22,25)(H,23,24). The minimum Gasteiger partial charge on any atom is -0.352 e. The third kappa shape index (κ3) is 6.54. The van der Waals surface area contributed by atoms with Gasteiger partial charge in [-0.1, -0.05) is 29.8 Å². The van der Waals surface area contributed by atoms with Gasteiger partial charge in [0.2, 0.25) is 5.91 Å². The second-order valence-corrected chi connectivity index (χ2v) is 6.93. The molecule has 0 aliphatic heterocycles. The monoisotopic (exact) mass is 371 g/mol. The summed E-state index contributed by atoms with van der Waals surface area (Å²) in [7, 11) is 1.88. The highest BCUT2D eigenvalue weighted by Crippen LogP contribution is 2.23. The number of rotatable bonds is 9. The van der Waals surface area contributed by atoms with Crippen molar-refractivity contribution < 1.29 is 9.59 Å². The lowest BCUT2D eigenvalue weighted by molar-refractivity contribution is -0.113. The molecule has 0 saturated carbocycles. The van der Waals surface area contributed by atoms with E-state index in [2.05, 4.69) is 16.0 Å². The first kappa shape index (κ1) is 20.0. The van der Waals surface area contributed by atoms with E-state index in [1.807, 2.05) is 56.4 Å². The molecule has 5 nitrogen and oxygen atoms in total. The molecule has 0 saturated heterocycles. The first-order chi connectivity index (χ1) is 12.6. The molecule has 138 valence electrons. The molecule has 0 aliphatic rings. The predicted molar refractivity (Wildman–Crippen MR) is 108 cm³/mol. The third-order valence-electron chi connectivity index (χ3n) is 3.71. The van der Waals surface area contributed by atoms with Crippen molar-refractivity contribution in [3.63, 3.8) is 0 Å². The van der Waals surface area contributed by atoms with E-state index in [1.165, 1.54) is 11.8 Å². The molecule has 2 aromatic carbocycles. The van der Waals surface area contributed by atoms with Crippen LogP contribution in [0.25, 0.3) is 0 Å². The summed E-state index contributed by atoms with van der Waals surface area (Å²) in [5, 5.41) is 8.83. The summed E-state index contributed by atoms with van der Waals surface area (Å²) < 4.78 is 0. The van der Waals surface area contributed by atoms with Gasteiger partial charge in [0.05, 0.1) is 11.3 Å². The average Bonchev–Trinajstić information content (AvgIpc) is 2.65. The molecule has 0 unspecified atom stereocenters. The van der Waals surface area contributed by atoms with Crippen LogP contribution >= 0.6 is 11.8 Å². The van der Waals surface area contributed by atoms with E-state index in [0.29, 0.717) is 12.1 Å². The molecule has 3 N–H and O–H groups in total. The highest BCUT2D eigenvalue weighted by atomic mass is 32.2. The molecular weight excluding hydrogens is 346 g/mol. The van der Waals surface area contributed by atoms with Gasteiger partial charge in [0, 0.05) is 17.1 Å². The zero-order valence-corrected chi connectivity index (χ0v) is 16.0.